The Kier molecular flexibility index (Phi) is 14.2. The molecule has 2 fully saturated rings. The molecule has 0 radical (unpaired) electrons. The summed E-state index contributed by atoms with van der Waals surface area (Å²) in [5.41, 5.74) is 3.86. The van der Waals surface area contributed by atoms with Crippen LogP contribution in [0.25, 0.3) is 16.6 Å². The molecule has 2 aromatic heterocycles. The van der Waals surface area contributed by atoms with Gasteiger partial charge < -0.3 is 34.3 Å². The van der Waals surface area contributed by atoms with Crippen molar-refractivity contribution >= 4 is 69.2 Å². The van der Waals surface area contributed by atoms with Gasteiger partial charge in [-0.1, -0.05) is 37.1 Å². The van der Waals surface area contributed by atoms with Crippen LogP contribution >= 0.6 is 23.5 Å². The van der Waals surface area contributed by atoms with Crippen LogP contribution in [-0.4, -0.2) is 109 Å². The number of halogens is 4. The van der Waals surface area contributed by atoms with Gasteiger partial charge in [0.2, 0.25) is 0 Å². The summed E-state index contributed by atoms with van der Waals surface area (Å²) in [5, 5.41) is 16.1. The maximum Gasteiger partial charge on any atom is 0.416 e. The SMILES string of the molecule is COC(=O)N1CCOC(CNc2ccc(SNC(=O)c3ccc(N4CCN(CC5=C(c6ccc(C(F)(F)F)cc6Cl)CC(C)(C)CC5)CC4)cc3Oc3cnc4[nH]ccc4c3)cc2[N+](=O)[O-])C1. The zero-order valence-corrected chi connectivity index (χ0v) is 38.7. The highest BCUT2D eigenvalue weighted by molar-refractivity contribution is 7.98. The number of hydrogen-bond donors (Lipinski definition) is 3. The number of alkyl halides is 3. The minimum Gasteiger partial charge on any atom is -0.455 e. The van der Waals surface area contributed by atoms with Gasteiger partial charge in [0.1, 0.15) is 22.8 Å². The summed E-state index contributed by atoms with van der Waals surface area (Å²) in [5.74, 6) is 0.206. The third kappa shape index (κ3) is 11.4. The molecular weight excluding hydrogens is 913 g/mol. The Morgan fingerprint density at radius 1 is 1.06 bits per heavy atom. The second-order valence-electron chi connectivity index (χ2n) is 17.5. The van der Waals surface area contributed by atoms with E-state index in [0.717, 1.165) is 53.6 Å². The van der Waals surface area contributed by atoms with E-state index in [2.05, 4.69) is 43.7 Å². The fourth-order valence-electron chi connectivity index (χ4n) is 8.64. The predicted octanol–water partition coefficient (Wildman–Crippen LogP) is 10.0. The van der Waals surface area contributed by atoms with E-state index < -0.39 is 34.8 Å². The zero-order valence-electron chi connectivity index (χ0n) is 37.1. The number of anilines is 2. The number of ether oxygens (including phenoxy) is 3. The maximum atomic E-state index is 13.9. The van der Waals surface area contributed by atoms with Gasteiger partial charge in [-0.05, 0) is 96.3 Å². The highest BCUT2D eigenvalue weighted by atomic mass is 35.5. The quantitative estimate of drug-likeness (QED) is 0.0582. The molecule has 20 heteroatoms. The van der Waals surface area contributed by atoms with Crippen LogP contribution in [-0.2, 0) is 15.7 Å². The molecule has 2 amide bonds. The summed E-state index contributed by atoms with van der Waals surface area (Å²) >= 11 is 7.47. The standard InChI is InChI=1S/C47H50ClF3N8O7S/c1-46(2)12-10-30(38(24-46)36-7-4-31(21-39(36)48)47(49,50)51)27-56-14-16-57(17-15-56)32-5-8-37(42(22-32)66-33-20-29-11-13-52-43(29)54-25-33)44(60)55-67-35-6-9-40(41(23-35)59(62)63)53-26-34-28-58(18-19-65-34)45(61)64-3/h4-9,11,13,20-23,25,34,53H,10,12,14-19,24,26-28H2,1-3H3,(H,52,54)(H,55,60). The first-order valence-electron chi connectivity index (χ1n) is 21.8. The number of allylic oxidation sites excluding steroid dienone is 1. The molecule has 15 nitrogen and oxygen atoms in total. The summed E-state index contributed by atoms with van der Waals surface area (Å²) in [6.45, 7) is 8.94. The molecule has 2 aliphatic heterocycles. The Morgan fingerprint density at radius 2 is 1.87 bits per heavy atom. The summed E-state index contributed by atoms with van der Waals surface area (Å²) in [6.07, 6.45) is 0.463. The largest absolute Gasteiger partial charge is 0.455 e. The topological polar surface area (TPSA) is 167 Å². The second-order valence-corrected chi connectivity index (χ2v) is 18.8. The number of morpholine rings is 1. The van der Waals surface area contributed by atoms with Crippen molar-refractivity contribution in [3.63, 3.8) is 0 Å². The number of nitro benzene ring substituents is 1. The summed E-state index contributed by atoms with van der Waals surface area (Å²) in [6, 6.07) is 17.3. The molecule has 354 valence electrons. The van der Waals surface area contributed by atoms with Crippen LogP contribution in [0.15, 0.2) is 89.6 Å². The molecule has 0 spiro atoms. The molecule has 1 aliphatic carbocycles. The highest BCUT2D eigenvalue weighted by Crippen LogP contribution is 2.46. The molecule has 1 unspecified atom stereocenters. The fraction of sp³-hybridized carbons (Fsp3) is 0.383. The van der Waals surface area contributed by atoms with Gasteiger partial charge in [0.15, 0.2) is 0 Å². The molecule has 67 heavy (non-hydrogen) atoms. The first-order valence-corrected chi connectivity index (χ1v) is 23.0. The van der Waals surface area contributed by atoms with E-state index >= 15 is 0 Å². The Labute approximate surface area is 394 Å². The molecule has 0 saturated carbocycles. The number of nitro groups is 1. The lowest BCUT2D eigenvalue weighted by atomic mass is 9.72. The highest BCUT2D eigenvalue weighted by Gasteiger charge is 2.34. The minimum atomic E-state index is -4.48. The molecule has 2 saturated heterocycles. The molecule has 0 bridgehead atoms. The van der Waals surface area contributed by atoms with Crippen LogP contribution in [0.5, 0.6) is 11.5 Å². The number of methoxy groups -OCH3 is 1. The van der Waals surface area contributed by atoms with Gasteiger partial charge in [-0.15, -0.1) is 0 Å². The molecule has 3 N–H and O–H groups in total. The normalized spacial score (nSPS) is 17.9. The summed E-state index contributed by atoms with van der Waals surface area (Å²) in [4.78, 5) is 51.6. The van der Waals surface area contributed by atoms with Gasteiger partial charge in [0.05, 0.1) is 48.6 Å². The number of fused-ring (bicyclic) bond motifs is 1. The van der Waals surface area contributed by atoms with Gasteiger partial charge in [0.25, 0.3) is 11.6 Å². The first kappa shape index (κ1) is 47.5. The third-order valence-electron chi connectivity index (χ3n) is 12.3. The Morgan fingerprint density at radius 3 is 2.61 bits per heavy atom. The molecule has 8 rings (SSSR count). The lowest BCUT2D eigenvalue weighted by molar-refractivity contribution is -0.384. The lowest BCUT2D eigenvalue weighted by Gasteiger charge is -2.39. The molecule has 1 atom stereocenters. The van der Waals surface area contributed by atoms with Crippen LogP contribution in [0.4, 0.5) is 35.0 Å². The minimum absolute atomic E-state index is 0.0247. The number of pyridine rings is 1. The number of rotatable bonds is 13. The van der Waals surface area contributed by atoms with Crippen LogP contribution in [0.2, 0.25) is 5.02 Å². The molecule has 3 aliphatic rings. The number of piperazine rings is 1. The van der Waals surface area contributed by atoms with E-state index in [9.17, 15) is 32.9 Å². The lowest BCUT2D eigenvalue weighted by Crippen LogP contribution is -2.47. The Balaban J connectivity index is 0.959. The van der Waals surface area contributed by atoms with E-state index in [-0.39, 0.29) is 46.2 Å². The van der Waals surface area contributed by atoms with Crippen molar-refractivity contribution in [1.82, 2.24) is 24.5 Å². The number of carbonyl (C=O) groups excluding carboxylic acids is 2. The van der Waals surface area contributed by atoms with E-state index in [1.54, 1.807) is 30.6 Å². The van der Waals surface area contributed by atoms with Crippen molar-refractivity contribution in [2.75, 3.05) is 76.3 Å². The van der Waals surface area contributed by atoms with Gasteiger partial charge in [0, 0.05) is 85.1 Å². The summed E-state index contributed by atoms with van der Waals surface area (Å²) < 4.78 is 60.2. The van der Waals surface area contributed by atoms with Crippen LogP contribution in [0.3, 0.4) is 0 Å². The van der Waals surface area contributed by atoms with Crippen molar-refractivity contribution in [3.05, 3.63) is 117 Å². The van der Waals surface area contributed by atoms with Crippen LogP contribution in [0, 0.1) is 15.5 Å². The van der Waals surface area contributed by atoms with Crippen LogP contribution < -0.4 is 19.7 Å². The van der Waals surface area contributed by atoms with E-state index in [1.165, 1.54) is 29.7 Å². The number of H-pyrrole nitrogens is 1. The fourth-order valence-corrected chi connectivity index (χ4v) is 9.56. The number of carbonyl (C=O) groups is 2. The van der Waals surface area contributed by atoms with Gasteiger partial charge in [-0.2, -0.15) is 13.2 Å². The van der Waals surface area contributed by atoms with Crippen molar-refractivity contribution in [3.8, 4) is 11.5 Å². The average molecular weight is 963 g/mol. The predicted molar refractivity (Wildman–Crippen MR) is 251 cm³/mol. The number of hydrogen-bond acceptors (Lipinski definition) is 12. The van der Waals surface area contributed by atoms with Gasteiger partial charge in [-0.25, -0.2) is 9.78 Å². The Hall–Kier alpha value is -6.02. The third-order valence-corrected chi connectivity index (χ3v) is 13.4. The van der Waals surface area contributed by atoms with Crippen molar-refractivity contribution < 1.29 is 41.9 Å². The molecule has 5 aromatic rings. The summed E-state index contributed by atoms with van der Waals surface area (Å²) in [7, 11) is 1.30. The number of aromatic nitrogens is 2. The van der Waals surface area contributed by atoms with Gasteiger partial charge >= 0.3 is 12.3 Å². The first-order chi connectivity index (χ1) is 32.0. The molecule has 3 aromatic carbocycles. The van der Waals surface area contributed by atoms with Gasteiger partial charge in [-0.3, -0.25) is 24.5 Å². The number of aromatic amines is 1. The van der Waals surface area contributed by atoms with E-state index in [0.29, 0.717) is 74.2 Å². The monoisotopic (exact) mass is 962 g/mol. The number of nitrogens with one attached hydrogen (secondary N) is 3. The smallest absolute Gasteiger partial charge is 0.416 e. The van der Waals surface area contributed by atoms with Crippen molar-refractivity contribution in [2.24, 2.45) is 5.41 Å². The maximum absolute atomic E-state index is 13.9. The van der Waals surface area contributed by atoms with Crippen LogP contribution in [0.1, 0.15) is 54.6 Å². The number of amides is 2. The molecule has 4 heterocycles. The second kappa shape index (κ2) is 20.1. The Bertz CT molecular complexity index is 2690. The average Bonchev–Trinajstić information content (AvgIpc) is 3.78. The molecular formula is C47H50ClF3N8O7S. The van der Waals surface area contributed by atoms with Crippen molar-refractivity contribution in [2.45, 2.75) is 50.3 Å². The zero-order chi connectivity index (χ0) is 47.5. The van der Waals surface area contributed by atoms with Crippen molar-refractivity contribution in [1.29, 1.82) is 0 Å². The van der Waals surface area contributed by atoms with E-state index in [1.807, 2.05) is 24.3 Å². The number of nitrogens with zero attached hydrogens (tertiary/aromatic N) is 5. The number of benzene rings is 3. The van der Waals surface area contributed by atoms with E-state index in [4.69, 9.17) is 25.8 Å².